The number of carbonyl (C=O) groups excluding carboxylic acids is 1. The predicted octanol–water partition coefficient (Wildman–Crippen LogP) is 7.48. The zero-order valence-corrected chi connectivity index (χ0v) is 25.1. The van der Waals surface area contributed by atoms with Crippen LogP contribution in [0.3, 0.4) is 0 Å². The first-order valence-electron chi connectivity index (χ1n) is 15.1. The highest BCUT2D eigenvalue weighted by Gasteiger charge is 2.25. The van der Waals surface area contributed by atoms with Crippen molar-refractivity contribution in [3.63, 3.8) is 0 Å². The van der Waals surface area contributed by atoms with Crippen LogP contribution in [0.1, 0.15) is 64.2 Å². The number of rotatable bonds is 11. The standard InChI is InChI=1S/C37H40N4O/c1-5-26-10-9-13-30(22-26)41-35(20-25(2)39-41)36(42)23-28-11-8-12-29(21-28)37(38-24-27-16-17-27)33-18-19-34(40(3)4)32-15-7-6-14-31(32)33/h6-15,18-22,27,37-38H,5,16-17,23-24H2,1-4H3. The Morgan fingerprint density at radius 1 is 0.929 bits per heavy atom. The van der Waals surface area contributed by atoms with Crippen LogP contribution in [-0.2, 0) is 12.8 Å². The number of aromatic nitrogens is 2. The number of ketones is 1. The highest BCUT2D eigenvalue weighted by atomic mass is 16.1. The molecule has 0 amide bonds. The number of anilines is 1. The van der Waals surface area contributed by atoms with E-state index in [2.05, 4.69) is 109 Å². The molecule has 1 aliphatic carbocycles. The molecule has 0 bridgehead atoms. The van der Waals surface area contributed by atoms with E-state index in [0.29, 0.717) is 12.1 Å². The van der Waals surface area contributed by atoms with Crippen molar-refractivity contribution in [2.75, 3.05) is 25.5 Å². The lowest BCUT2D eigenvalue weighted by Crippen LogP contribution is -2.25. The molecule has 5 heteroatoms. The first-order valence-corrected chi connectivity index (χ1v) is 15.1. The Bertz CT molecular complexity index is 1730. The first kappa shape index (κ1) is 27.9. The van der Waals surface area contributed by atoms with Gasteiger partial charge in [0, 0.05) is 31.6 Å². The quantitative estimate of drug-likeness (QED) is 0.171. The zero-order chi connectivity index (χ0) is 29.2. The molecular weight excluding hydrogens is 516 g/mol. The molecule has 1 aromatic heterocycles. The lowest BCUT2D eigenvalue weighted by Gasteiger charge is -2.24. The number of benzene rings is 4. The average Bonchev–Trinajstić information content (AvgIpc) is 3.75. The molecular formula is C37H40N4O. The number of hydrogen-bond acceptors (Lipinski definition) is 4. The zero-order valence-electron chi connectivity index (χ0n) is 25.1. The molecule has 1 unspecified atom stereocenters. The van der Waals surface area contributed by atoms with Crippen LogP contribution in [-0.4, -0.2) is 36.2 Å². The monoisotopic (exact) mass is 556 g/mol. The summed E-state index contributed by atoms with van der Waals surface area (Å²) in [4.78, 5) is 15.9. The van der Waals surface area contributed by atoms with Crippen molar-refractivity contribution in [3.8, 4) is 5.69 Å². The summed E-state index contributed by atoms with van der Waals surface area (Å²) < 4.78 is 1.80. The molecule has 1 saturated carbocycles. The molecule has 0 radical (unpaired) electrons. The lowest BCUT2D eigenvalue weighted by atomic mass is 9.91. The predicted molar refractivity (Wildman–Crippen MR) is 173 cm³/mol. The van der Waals surface area contributed by atoms with Gasteiger partial charge in [-0.2, -0.15) is 5.10 Å². The van der Waals surface area contributed by atoms with Crippen molar-refractivity contribution >= 4 is 22.2 Å². The number of nitrogens with one attached hydrogen (secondary N) is 1. The van der Waals surface area contributed by atoms with Crippen molar-refractivity contribution in [2.24, 2.45) is 5.92 Å². The normalized spacial score (nSPS) is 13.8. The Labute approximate surface area is 249 Å². The number of Topliss-reactive ketones (excluding diaryl/α,β-unsaturated/α-hetero) is 1. The summed E-state index contributed by atoms with van der Waals surface area (Å²) in [5, 5.41) is 11.1. The van der Waals surface area contributed by atoms with Crippen molar-refractivity contribution in [2.45, 2.75) is 45.6 Å². The summed E-state index contributed by atoms with van der Waals surface area (Å²) in [6.45, 7) is 5.07. The van der Waals surface area contributed by atoms with Crippen molar-refractivity contribution < 1.29 is 4.79 Å². The molecule has 4 aromatic carbocycles. The first-order chi connectivity index (χ1) is 20.4. The molecule has 214 valence electrons. The van der Waals surface area contributed by atoms with Crippen molar-refractivity contribution in [3.05, 3.63) is 125 Å². The smallest absolute Gasteiger partial charge is 0.185 e. The molecule has 5 aromatic rings. The maximum Gasteiger partial charge on any atom is 0.185 e. The highest BCUT2D eigenvalue weighted by Crippen LogP contribution is 2.36. The van der Waals surface area contributed by atoms with E-state index in [-0.39, 0.29) is 11.8 Å². The second kappa shape index (κ2) is 11.9. The third-order valence-electron chi connectivity index (χ3n) is 8.36. The molecule has 0 spiro atoms. The van der Waals surface area contributed by atoms with Crippen LogP contribution in [0.25, 0.3) is 16.5 Å². The van der Waals surface area contributed by atoms with E-state index >= 15 is 0 Å². The van der Waals surface area contributed by atoms with E-state index in [1.807, 2.05) is 25.1 Å². The molecule has 1 atom stereocenters. The van der Waals surface area contributed by atoms with Gasteiger partial charge in [-0.05, 0) is 90.6 Å². The third-order valence-corrected chi connectivity index (χ3v) is 8.36. The number of fused-ring (bicyclic) bond motifs is 1. The van der Waals surface area contributed by atoms with Gasteiger partial charge in [0.1, 0.15) is 5.69 Å². The largest absolute Gasteiger partial charge is 0.377 e. The van der Waals surface area contributed by atoms with E-state index in [1.54, 1.807) is 4.68 Å². The molecule has 6 rings (SSSR count). The topological polar surface area (TPSA) is 50.2 Å². The Morgan fingerprint density at radius 3 is 2.45 bits per heavy atom. The Balaban J connectivity index is 1.33. The van der Waals surface area contributed by atoms with E-state index in [0.717, 1.165) is 35.8 Å². The van der Waals surface area contributed by atoms with Gasteiger partial charge < -0.3 is 10.2 Å². The van der Waals surface area contributed by atoms with Crippen LogP contribution in [0, 0.1) is 12.8 Å². The van der Waals surface area contributed by atoms with Crippen LogP contribution in [0.5, 0.6) is 0 Å². The summed E-state index contributed by atoms with van der Waals surface area (Å²) >= 11 is 0. The van der Waals surface area contributed by atoms with Crippen LogP contribution in [0.4, 0.5) is 5.69 Å². The van der Waals surface area contributed by atoms with Gasteiger partial charge in [0.05, 0.1) is 17.4 Å². The fourth-order valence-electron chi connectivity index (χ4n) is 5.92. The summed E-state index contributed by atoms with van der Waals surface area (Å²) in [6, 6.07) is 32.0. The van der Waals surface area contributed by atoms with Gasteiger partial charge in [0.2, 0.25) is 0 Å². The molecule has 1 heterocycles. The van der Waals surface area contributed by atoms with Crippen LogP contribution < -0.4 is 10.2 Å². The average molecular weight is 557 g/mol. The maximum atomic E-state index is 13.7. The highest BCUT2D eigenvalue weighted by molar-refractivity contribution is 5.97. The minimum atomic E-state index is 0.0336. The van der Waals surface area contributed by atoms with Gasteiger partial charge in [0.25, 0.3) is 0 Å². The van der Waals surface area contributed by atoms with E-state index in [9.17, 15) is 4.79 Å². The van der Waals surface area contributed by atoms with Crippen LogP contribution >= 0.6 is 0 Å². The molecule has 0 saturated heterocycles. The second-order valence-corrected chi connectivity index (χ2v) is 11.8. The van der Waals surface area contributed by atoms with Gasteiger partial charge in [-0.25, -0.2) is 4.68 Å². The summed E-state index contributed by atoms with van der Waals surface area (Å²) in [6.07, 6.45) is 3.85. The van der Waals surface area contributed by atoms with Crippen LogP contribution in [0.15, 0.2) is 91.0 Å². The number of hydrogen-bond donors (Lipinski definition) is 1. The molecule has 0 aliphatic heterocycles. The number of aryl methyl sites for hydroxylation is 2. The van der Waals surface area contributed by atoms with Crippen molar-refractivity contribution in [1.82, 2.24) is 15.1 Å². The minimum Gasteiger partial charge on any atom is -0.377 e. The minimum absolute atomic E-state index is 0.0336. The van der Waals surface area contributed by atoms with E-state index < -0.39 is 0 Å². The Kier molecular flexibility index (Phi) is 7.94. The number of nitrogens with zero attached hydrogens (tertiary/aromatic N) is 3. The van der Waals surface area contributed by atoms with Gasteiger partial charge in [0.15, 0.2) is 5.78 Å². The Morgan fingerprint density at radius 2 is 1.69 bits per heavy atom. The second-order valence-electron chi connectivity index (χ2n) is 11.8. The number of carbonyl (C=O) groups is 1. The van der Waals surface area contributed by atoms with E-state index in [4.69, 9.17) is 0 Å². The molecule has 1 N–H and O–H groups in total. The fourth-order valence-corrected chi connectivity index (χ4v) is 5.92. The molecule has 42 heavy (non-hydrogen) atoms. The van der Waals surface area contributed by atoms with E-state index in [1.165, 1.54) is 46.0 Å². The summed E-state index contributed by atoms with van der Waals surface area (Å²) in [5.74, 6) is 0.817. The van der Waals surface area contributed by atoms with Crippen molar-refractivity contribution in [1.29, 1.82) is 0 Å². The van der Waals surface area contributed by atoms with Gasteiger partial charge in [-0.3, -0.25) is 4.79 Å². The van der Waals surface area contributed by atoms with Gasteiger partial charge in [-0.1, -0.05) is 73.7 Å². The summed E-state index contributed by atoms with van der Waals surface area (Å²) in [7, 11) is 4.19. The van der Waals surface area contributed by atoms with Gasteiger partial charge in [-0.15, -0.1) is 0 Å². The van der Waals surface area contributed by atoms with Crippen LogP contribution in [0.2, 0.25) is 0 Å². The molecule has 1 fully saturated rings. The third kappa shape index (κ3) is 5.88. The van der Waals surface area contributed by atoms with Gasteiger partial charge >= 0.3 is 0 Å². The fraction of sp³-hybridized carbons (Fsp3) is 0.297. The lowest BCUT2D eigenvalue weighted by molar-refractivity contribution is 0.0985. The maximum absolute atomic E-state index is 13.7. The summed E-state index contributed by atoms with van der Waals surface area (Å²) in [5.41, 5.74) is 8.29. The molecule has 5 nitrogen and oxygen atoms in total. The Hall–Kier alpha value is -4.22. The molecule has 1 aliphatic rings. The SMILES string of the molecule is CCc1cccc(-n2nc(C)cc2C(=O)Cc2cccc(C(NCC3CC3)c3ccc(N(C)C)c4ccccc34)c2)c1.